The van der Waals surface area contributed by atoms with E-state index in [1.165, 1.54) is 0 Å². The third kappa shape index (κ3) is 2.91. The molecule has 2 unspecified atom stereocenters. The second-order valence-corrected chi connectivity index (χ2v) is 4.74. The number of carbonyl (C=O) groups is 2. The smallest absolute Gasteiger partial charge is 0.356 e. The van der Waals surface area contributed by atoms with Crippen molar-refractivity contribution in [2.75, 3.05) is 0 Å². The second kappa shape index (κ2) is 6.27. The summed E-state index contributed by atoms with van der Waals surface area (Å²) < 4.78 is 0. The van der Waals surface area contributed by atoms with Gasteiger partial charge in [0.15, 0.2) is 5.71 Å². The highest BCUT2D eigenvalue weighted by molar-refractivity contribution is 6.37. The summed E-state index contributed by atoms with van der Waals surface area (Å²) in [7, 11) is 0. The maximum atomic E-state index is 11.3. The number of carboxylic acids is 2. The Morgan fingerprint density at radius 2 is 1.91 bits per heavy atom. The van der Waals surface area contributed by atoms with Crippen LogP contribution in [0.5, 0.6) is 0 Å². The summed E-state index contributed by atoms with van der Waals surface area (Å²) in [5.41, 5.74) is 0.405. The number of aliphatic hydroxyl groups excluding tert-OH is 1. The molecule has 0 radical (unpaired) electrons. The average Bonchev–Trinajstić information content (AvgIpc) is 2.87. The van der Waals surface area contributed by atoms with Gasteiger partial charge in [0, 0.05) is 17.1 Å². The van der Waals surface area contributed by atoms with Gasteiger partial charge in [-0.2, -0.15) is 0 Å². The number of aromatic amines is 1. The minimum Gasteiger partial charge on any atom is -0.481 e. The number of para-hydroxylation sites is 1. The number of fused-ring (bicyclic) bond motifs is 1. The minimum atomic E-state index is -1.94. The van der Waals surface area contributed by atoms with Crippen LogP contribution < -0.4 is 0 Å². The Balaban J connectivity index is 2.33. The maximum Gasteiger partial charge on any atom is 0.356 e. The van der Waals surface area contributed by atoms with Crippen LogP contribution in [0.1, 0.15) is 5.56 Å². The highest BCUT2D eigenvalue weighted by atomic mass is 16.4. The molecule has 1 aromatic heterocycles. The summed E-state index contributed by atoms with van der Waals surface area (Å²) in [6.45, 7) is 0. The molecule has 0 bridgehead atoms. The van der Waals surface area contributed by atoms with E-state index in [1.54, 1.807) is 18.3 Å². The van der Waals surface area contributed by atoms with E-state index in [-0.39, 0.29) is 6.42 Å². The summed E-state index contributed by atoms with van der Waals surface area (Å²) in [4.78, 5) is 25.2. The van der Waals surface area contributed by atoms with Crippen molar-refractivity contribution in [3.05, 3.63) is 36.0 Å². The molecule has 0 aliphatic rings. The van der Waals surface area contributed by atoms with Gasteiger partial charge >= 0.3 is 11.9 Å². The van der Waals surface area contributed by atoms with E-state index >= 15 is 0 Å². The zero-order chi connectivity index (χ0) is 16.3. The third-order valence-corrected chi connectivity index (χ3v) is 3.42. The number of nitrogens with one attached hydrogen (secondary N) is 1. The standard InChI is InChI=1S/C14H14N2O6/c17-12(11(16-22)14(20)21)9(13(18)19)5-7-6-15-10-4-2-1-3-8(7)10/h1-4,6,9,12,15,17,22H,5H2,(H,18,19)(H,20,21). The fraction of sp³-hybridized carbons (Fsp3) is 0.214. The highest BCUT2D eigenvalue weighted by Crippen LogP contribution is 2.23. The van der Waals surface area contributed by atoms with Crippen molar-refractivity contribution < 1.29 is 30.1 Å². The lowest BCUT2D eigenvalue weighted by Crippen LogP contribution is -2.40. The van der Waals surface area contributed by atoms with Gasteiger partial charge in [-0.25, -0.2) is 4.79 Å². The number of benzene rings is 1. The molecule has 2 atom stereocenters. The first-order valence-electron chi connectivity index (χ1n) is 6.36. The van der Waals surface area contributed by atoms with E-state index in [0.717, 1.165) is 10.9 Å². The first-order chi connectivity index (χ1) is 10.5. The largest absolute Gasteiger partial charge is 0.481 e. The van der Waals surface area contributed by atoms with Gasteiger partial charge in [-0.3, -0.25) is 4.79 Å². The summed E-state index contributed by atoms with van der Waals surface area (Å²) >= 11 is 0. The van der Waals surface area contributed by atoms with Crippen molar-refractivity contribution in [1.29, 1.82) is 0 Å². The fourth-order valence-electron chi connectivity index (χ4n) is 2.29. The van der Waals surface area contributed by atoms with Crippen molar-refractivity contribution >= 4 is 28.6 Å². The molecule has 0 aliphatic heterocycles. The Bertz CT molecular complexity index is 736. The zero-order valence-corrected chi connectivity index (χ0v) is 11.3. The molecule has 1 aromatic carbocycles. The Morgan fingerprint density at radius 1 is 1.23 bits per heavy atom. The lowest BCUT2D eigenvalue weighted by atomic mass is 9.91. The SMILES string of the molecule is O=C(O)C(=NO)C(O)C(Cc1c[nH]c2ccccc12)C(=O)O. The first kappa shape index (κ1) is 15.5. The predicted molar refractivity (Wildman–Crippen MR) is 76.0 cm³/mol. The molecule has 2 rings (SSSR count). The van der Waals surface area contributed by atoms with E-state index < -0.39 is 29.7 Å². The Hall–Kier alpha value is -2.87. The minimum absolute atomic E-state index is 0.118. The molecule has 1 heterocycles. The van der Waals surface area contributed by atoms with Gasteiger partial charge in [0.1, 0.15) is 6.10 Å². The second-order valence-electron chi connectivity index (χ2n) is 4.74. The molecular formula is C14H14N2O6. The number of aliphatic carboxylic acids is 2. The number of nitrogens with zero attached hydrogens (tertiary/aromatic N) is 1. The monoisotopic (exact) mass is 306 g/mol. The fourth-order valence-corrected chi connectivity index (χ4v) is 2.29. The Morgan fingerprint density at radius 3 is 2.50 bits per heavy atom. The van der Waals surface area contributed by atoms with Crippen LogP contribution in [-0.2, 0) is 16.0 Å². The molecule has 0 aliphatic carbocycles. The first-order valence-corrected chi connectivity index (χ1v) is 6.36. The van der Waals surface area contributed by atoms with Gasteiger partial charge in [-0.1, -0.05) is 23.4 Å². The molecule has 5 N–H and O–H groups in total. The number of hydrogen-bond acceptors (Lipinski definition) is 5. The summed E-state index contributed by atoms with van der Waals surface area (Å²) in [6.07, 6.45) is -0.454. The summed E-state index contributed by atoms with van der Waals surface area (Å²) in [5.74, 6) is -4.53. The Labute approximate surface area is 124 Å². The van der Waals surface area contributed by atoms with E-state index in [4.69, 9.17) is 10.3 Å². The van der Waals surface area contributed by atoms with Gasteiger partial charge in [-0.15, -0.1) is 0 Å². The van der Waals surface area contributed by atoms with Crippen LogP contribution in [-0.4, -0.2) is 49.3 Å². The maximum absolute atomic E-state index is 11.3. The van der Waals surface area contributed by atoms with Gasteiger partial charge in [0.05, 0.1) is 5.92 Å². The van der Waals surface area contributed by atoms with Gasteiger partial charge < -0.3 is 25.5 Å². The lowest BCUT2D eigenvalue weighted by molar-refractivity contribution is -0.144. The molecule has 0 saturated heterocycles. The summed E-state index contributed by atoms with van der Waals surface area (Å²) in [6, 6.07) is 7.18. The van der Waals surface area contributed by atoms with Gasteiger partial charge in [0.2, 0.25) is 0 Å². The number of carboxylic acid groups (broad SMARTS) is 2. The molecular weight excluding hydrogens is 292 g/mol. The average molecular weight is 306 g/mol. The molecule has 0 saturated carbocycles. The molecule has 0 spiro atoms. The number of rotatable bonds is 6. The molecule has 8 nitrogen and oxygen atoms in total. The van der Waals surface area contributed by atoms with E-state index in [2.05, 4.69) is 10.1 Å². The normalized spacial score (nSPS) is 14.7. The van der Waals surface area contributed by atoms with Crippen LogP contribution in [0.2, 0.25) is 0 Å². The molecule has 0 amide bonds. The van der Waals surface area contributed by atoms with Crippen molar-refractivity contribution in [2.24, 2.45) is 11.1 Å². The van der Waals surface area contributed by atoms with Crippen molar-refractivity contribution in [1.82, 2.24) is 4.98 Å². The third-order valence-electron chi connectivity index (χ3n) is 3.42. The summed E-state index contributed by atoms with van der Waals surface area (Å²) in [5, 5.41) is 39.9. The van der Waals surface area contributed by atoms with Crippen LogP contribution in [0.25, 0.3) is 10.9 Å². The lowest BCUT2D eigenvalue weighted by Gasteiger charge is -2.17. The van der Waals surface area contributed by atoms with Crippen LogP contribution in [0, 0.1) is 5.92 Å². The van der Waals surface area contributed by atoms with Crippen molar-refractivity contribution in [2.45, 2.75) is 12.5 Å². The zero-order valence-electron chi connectivity index (χ0n) is 11.3. The molecule has 116 valence electrons. The quantitative estimate of drug-likeness (QED) is 0.302. The Kier molecular flexibility index (Phi) is 4.42. The van der Waals surface area contributed by atoms with Crippen LogP contribution in [0.4, 0.5) is 0 Å². The molecule has 22 heavy (non-hydrogen) atoms. The van der Waals surface area contributed by atoms with E-state index in [9.17, 15) is 19.8 Å². The van der Waals surface area contributed by atoms with Gasteiger partial charge in [-0.05, 0) is 18.1 Å². The van der Waals surface area contributed by atoms with Gasteiger partial charge in [0.25, 0.3) is 0 Å². The van der Waals surface area contributed by atoms with Crippen LogP contribution in [0.15, 0.2) is 35.6 Å². The molecule has 8 heteroatoms. The van der Waals surface area contributed by atoms with E-state index in [1.807, 2.05) is 12.1 Å². The number of oxime groups is 1. The van der Waals surface area contributed by atoms with Crippen molar-refractivity contribution in [3.8, 4) is 0 Å². The van der Waals surface area contributed by atoms with Crippen LogP contribution in [0.3, 0.4) is 0 Å². The van der Waals surface area contributed by atoms with Crippen molar-refractivity contribution in [3.63, 3.8) is 0 Å². The number of aromatic nitrogens is 1. The number of H-pyrrole nitrogens is 1. The van der Waals surface area contributed by atoms with E-state index in [0.29, 0.717) is 5.56 Å². The number of aliphatic hydroxyl groups is 1. The number of hydrogen-bond donors (Lipinski definition) is 5. The molecule has 2 aromatic rings. The van der Waals surface area contributed by atoms with Crippen LogP contribution >= 0.6 is 0 Å². The topological polar surface area (TPSA) is 143 Å². The predicted octanol–water partition coefficient (Wildman–Crippen LogP) is 0.687. The molecule has 0 fully saturated rings. The highest BCUT2D eigenvalue weighted by Gasteiger charge is 2.35.